The van der Waals surface area contributed by atoms with E-state index in [2.05, 4.69) is 57.8 Å². The number of phenols is 1. The van der Waals surface area contributed by atoms with Gasteiger partial charge in [-0.25, -0.2) is 4.99 Å². The van der Waals surface area contributed by atoms with Crippen LogP contribution in [0.15, 0.2) is 88.8 Å². The SMILES string of the molecule is CC(=O)N[C@@H](CCCN=C(N)N)C(=O)N[C@@H](Cc1ccccc1)C(=O)N[C@@H]1C(=O)N[C@@H]([C@@H](C)O)C(=O)NCC(=O)N[C@@H](Cc2ccc(N=C(N)N)cc2)C(=O)NCC(=O)N(C)CC(=O)N(C)[C@@H](CC(C)C)C(=O)N[C@@H](Cc2ccc(O)cc2)C(=O)C(=O)N2CCC[C@H]2C(=O)N[C@H](C(N)=O)CSSC1(C)C. The van der Waals surface area contributed by atoms with Crippen LogP contribution in [-0.4, -0.2) is 237 Å². The van der Waals surface area contributed by atoms with Crippen LogP contribution in [0.1, 0.15) is 90.3 Å². The Morgan fingerprint density at radius 1 is 0.695 bits per heavy atom. The van der Waals surface area contributed by atoms with E-state index < -0.39 is 167 Å². The molecule has 10 atom stereocenters. The molecule has 0 spiro atoms. The molecule has 3 aromatic carbocycles. The minimum absolute atomic E-state index is 0.000200. The summed E-state index contributed by atoms with van der Waals surface area (Å²) in [6.07, 6.45) is -2.10. The highest BCUT2D eigenvalue weighted by atomic mass is 33.1. The summed E-state index contributed by atoms with van der Waals surface area (Å²) in [5.41, 5.74) is 29.7. The molecule has 0 unspecified atom stereocenters. The van der Waals surface area contributed by atoms with Crippen LogP contribution in [-0.2, 0) is 86.4 Å². The molecule has 105 heavy (non-hydrogen) atoms. The van der Waals surface area contributed by atoms with Crippen molar-refractivity contribution in [3.05, 3.63) is 95.6 Å². The molecular formula is C68H97N19O16S2. The number of aliphatic imine (C=N–C) groups is 2. The Morgan fingerprint density at radius 2 is 1.32 bits per heavy atom. The average Bonchev–Trinajstić information content (AvgIpc) is 1.75. The summed E-state index contributed by atoms with van der Waals surface area (Å²) in [5.74, 6) is -14.6. The van der Waals surface area contributed by atoms with Crippen molar-refractivity contribution in [3.63, 3.8) is 0 Å². The highest BCUT2D eigenvalue weighted by Gasteiger charge is 2.44. The predicted octanol–water partition coefficient (Wildman–Crippen LogP) is -4.04. The minimum Gasteiger partial charge on any atom is -0.508 e. The van der Waals surface area contributed by atoms with Gasteiger partial charge in [-0.15, -0.1) is 0 Å². The zero-order valence-corrected chi connectivity index (χ0v) is 61.4. The fourth-order valence-electron chi connectivity index (χ4n) is 11.2. The first kappa shape index (κ1) is 85.1. The van der Waals surface area contributed by atoms with E-state index in [1.54, 1.807) is 56.3 Å². The number of primary amides is 1. The lowest BCUT2D eigenvalue weighted by Gasteiger charge is -2.35. The maximum atomic E-state index is 15.1. The number of nitrogens with two attached hydrogens (primary N) is 5. The Kier molecular flexibility index (Phi) is 32.8. The third kappa shape index (κ3) is 27.2. The molecule has 0 saturated carbocycles. The van der Waals surface area contributed by atoms with Gasteiger partial charge in [-0.3, -0.25) is 72.1 Å². The van der Waals surface area contributed by atoms with Crippen molar-refractivity contribution in [2.45, 2.75) is 158 Å². The Morgan fingerprint density at radius 3 is 1.92 bits per heavy atom. The molecule has 5 rings (SSSR count). The minimum atomic E-state index is -1.90. The van der Waals surface area contributed by atoms with Crippen LogP contribution in [0.25, 0.3) is 0 Å². The van der Waals surface area contributed by atoms with E-state index in [4.69, 9.17) is 28.7 Å². The summed E-state index contributed by atoms with van der Waals surface area (Å²) in [6.45, 7) is 6.47. The number of carbonyl (C=O) groups excluding carboxylic acids is 14. The summed E-state index contributed by atoms with van der Waals surface area (Å²) in [5, 5.41) is 44.3. The Bertz CT molecular complexity index is 3670. The lowest BCUT2D eigenvalue weighted by atomic mass is 9.98. The molecule has 2 fully saturated rings. The standard InChI is InChI=1S/C68H97N19O16S2/c1-36(2)28-50-62(100)80-45(29-41-20-24-43(90)25-21-41)55(94)65(103)87-27-13-17-49(87)61(99)82-48(57(69)95)35-104-105-68(5,6)56(84-60(98)47(30-39-14-10-9-11-15-39)81-59(97)44(77-38(4)89)16-12-26-74-66(70)71)64(102)83-54(37(3)88)63(101)75-32-51(91)79-46(31-40-18-22-42(23-19-40)78-67(72)73)58(96)76-33-52(92)85(7)34-53(93)86(50)8/h9-11,14-15,18-25,36-37,44-50,54,56,88,90H,12-13,16-17,26-35H2,1-8H3,(H2,69,95)(H,75,101)(H,76,96)(H,77,89)(H,79,91)(H,80,100)(H,81,97)(H,82,99)(H,83,102)(H,84,98)(H4,70,71,74)(H4,72,73,78)/t37-,44+,45+,46+,47+,48+,49+,50+,54+,56-/m1/s1. The number of nitrogens with zero attached hydrogens (tertiary/aromatic N) is 5. The van der Waals surface area contributed by atoms with Crippen LogP contribution < -0.4 is 76.5 Å². The molecule has 0 aliphatic carbocycles. The number of aromatic hydroxyl groups is 1. The maximum absolute atomic E-state index is 15.1. The number of rotatable bonds is 20. The second-order valence-electron chi connectivity index (χ2n) is 26.4. The molecule has 21 N–H and O–H groups in total. The number of likely N-dealkylation sites (N-methyl/N-ethyl adjacent to an activating group) is 2. The number of Topliss-reactive ketones (excluding diaryl/α,β-unsaturated/α-hetero) is 1. The highest BCUT2D eigenvalue weighted by Crippen LogP contribution is 2.39. The molecule has 35 nitrogen and oxygen atoms in total. The van der Waals surface area contributed by atoms with Crippen molar-refractivity contribution >= 4 is 122 Å². The number of benzene rings is 3. The van der Waals surface area contributed by atoms with Crippen LogP contribution in [0.5, 0.6) is 5.75 Å². The van der Waals surface area contributed by atoms with Crippen molar-refractivity contribution in [2.75, 3.05) is 52.6 Å². The maximum Gasteiger partial charge on any atom is 0.292 e. The normalized spacial score (nSPS) is 22.0. The summed E-state index contributed by atoms with van der Waals surface area (Å²) < 4.78 is -1.58. The van der Waals surface area contributed by atoms with E-state index in [0.29, 0.717) is 22.4 Å². The lowest BCUT2D eigenvalue weighted by molar-refractivity contribution is -0.149. The third-order valence-corrected chi connectivity index (χ3v) is 20.1. The number of aliphatic hydroxyl groups excluding tert-OH is 1. The molecule has 37 heteroatoms. The van der Waals surface area contributed by atoms with Gasteiger partial charge < -0.3 is 101 Å². The molecule has 0 bridgehead atoms. The molecule has 3 aromatic rings. The third-order valence-electron chi connectivity index (χ3n) is 16.8. The van der Waals surface area contributed by atoms with Gasteiger partial charge in [0.2, 0.25) is 76.7 Å². The van der Waals surface area contributed by atoms with Crippen molar-refractivity contribution in [2.24, 2.45) is 44.6 Å². The Labute approximate surface area is 615 Å². The van der Waals surface area contributed by atoms with Crippen molar-refractivity contribution in [1.82, 2.24) is 62.6 Å². The molecule has 0 aromatic heterocycles. The molecule has 13 amide bonds. The molecular weight excluding hydrogens is 1400 g/mol. The quantitative estimate of drug-likeness (QED) is 0.0168. The van der Waals surface area contributed by atoms with Crippen LogP contribution in [0.3, 0.4) is 0 Å². The number of amides is 13. The summed E-state index contributed by atoms with van der Waals surface area (Å²) in [7, 11) is 4.30. The number of nitrogens with one attached hydrogen (secondary N) is 9. The van der Waals surface area contributed by atoms with Gasteiger partial charge in [0.05, 0.1) is 31.4 Å². The molecule has 2 aliphatic rings. The average molecular weight is 1500 g/mol. The van der Waals surface area contributed by atoms with Crippen molar-refractivity contribution < 1.29 is 77.3 Å². The van der Waals surface area contributed by atoms with E-state index in [9.17, 15) is 72.5 Å². The summed E-state index contributed by atoms with van der Waals surface area (Å²) >= 11 is 0. The van der Waals surface area contributed by atoms with Gasteiger partial charge >= 0.3 is 0 Å². The molecule has 572 valence electrons. The van der Waals surface area contributed by atoms with Crippen molar-refractivity contribution in [3.8, 4) is 5.75 Å². The largest absolute Gasteiger partial charge is 0.508 e. The number of hydrogen-bond donors (Lipinski definition) is 16. The Balaban J connectivity index is 1.58. The number of carbonyl (C=O) groups is 14. The fourth-order valence-corrected chi connectivity index (χ4v) is 14.0. The first-order valence-electron chi connectivity index (χ1n) is 33.8. The highest BCUT2D eigenvalue weighted by molar-refractivity contribution is 8.77. The molecule has 2 aliphatic heterocycles. The number of fused-ring (bicyclic) bond motifs is 1. The first-order valence-corrected chi connectivity index (χ1v) is 36.1. The molecule has 0 radical (unpaired) electrons. The van der Waals surface area contributed by atoms with E-state index in [0.717, 1.165) is 43.2 Å². The van der Waals surface area contributed by atoms with Crippen LogP contribution >= 0.6 is 21.6 Å². The first-order chi connectivity index (χ1) is 49.4. The number of aliphatic hydroxyl groups is 1. The number of ketones is 1. The number of hydrogen-bond acceptors (Lipinski definition) is 20. The molecule has 2 saturated heterocycles. The van der Waals surface area contributed by atoms with Gasteiger partial charge in [0, 0.05) is 63.9 Å². The van der Waals surface area contributed by atoms with Gasteiger partial charge in [0.15, 0.2) is 11.9 Å². The van der Waals surface area contributed by atoms with Crippen LogP contribution in [0.2, 0.25) is 0 Å². The fraction of sp³-hybridized carbons (Fsp3) is 0.500. The van der Waals surface area contributed by atoms with E-state index in [1.165, 1.54) is 71.3 Å². The predicted molar refractivity (Wildman–Crippen MR) is 391 cm³/mol. The van der Waals surface area contributed by atoms with Crippen LogP contribution in [0, 0.1) is 5.92 Å². The zero-order valence-electron chi connectivity index (χ0n) is 59.8. The summed E-state index contributed by atoms with van der Waals surface area (Å²) in [6, 6.07) is 6.30. The monoisotopic (exact) mass is 1500 g/mol. The van der Waals surface area contributed by atoms with Gasteiger partial charge in [-0.05, 0) is 99.7 Å². The zero-order chi connectivity index (χ0) is 78.0. The number of phenolic OH excluding ortho intramolecular Hbond substituents is 1. The van der Waals surface area contributed by atoms with Gasteiger partial charge in [-0.2, -0.15) is 0 Å². The topological polar surface area (TPSA) is 552 Å². The number of guanidine groups is 2. The second kappa shape index (κ2) is 40.5. The van der Waals surface area contributed by atoms with Gasteiger partial charge in [0.1, 0.15) is 60.1 Å². The van der Waals surface area contributed by atoms with Gasteiger partial charge in [0.25, 0.3) is 5.91 Å². The van der Waals surface area contributed by atoms with Crippen molar-refractivity contribution in [1.29, 1.82) is 0 Å². The molecule has 2 heterocycles. The van der Waals surface area contributed by atoms with Crippen LogP contribution in [0.4, 0.5) is 5.69 Å². The van der Waals surface area contributed by atoms with Gasteiger partial charge in [-0.1, -0.05) is 90.0 Å². The second-order valence-corrected chi connectivity index (χ2v) is 29.4. The smallest absolute Gasteiger partial charge is 0.292 e. The van der Waals surface area contributed by atoms with E-state index in [1.807, 2.05) is 0 Å². The van der Waals surface area contributed by atoms with E-state index in [-0.39, 0.29) is 93.8 Å². The lowest BCUT2D eigenvalue weighted by Crippen LogP contribution is -2.64. The van der Waals surface area contributed by atoms with E-state index >= 15 is 4.79 Å². The summed E-state index contributed by atoms with van der Waals surface area (Å²) in [4.78, 5) is 209. The Hall–Kier alpha value is -10.6.